The molecular formula is C23H30N8O2. The number of anilines is 2. The van der Waals surface area contributed by atoms with Crippen molar-refractivity contribution >= 4 is 29.0 Å². The number of piperidine rings is 1. The van der Waals surface area contributed by atoms with Crippen LogP contribution in [0.5, 0.6) is 5.75 Å². The number of aromatic amines is 1. The number of imidazole rings is 1. The lowest BCUT2D eigenvalue weighted by atomic mass is 10.0. The number of urea groups is 1. The highest BCUT2D eigenvalue weighted by molar-refractivity contribution is 5.83. The number of H-pyrrole nitrogens is 1. The third kappa shape index (κ3) is 4.79. The van der Waals surface area contributed by atoms with Gasteiger partial charge in [0.1, 0.15) is 17.9 Å². The van der Waals surface area contributed by atoms with E-state index in [0.29, 0.717) is 43.2 Å². The number of ether oxygens (including phenoxy) is 1. The van der Waals surface area contributed by atoms with Gasteiger partial charge < -0.3 is 30.2 Å². The molecule has 0 bridgehead atoms. The number of nitrogens with one attached hydrogen (secondary N) is 3. The molecule has 5 rings (SSSR count). The molecule has 33 heavy (non-hydrogen) atoms. The van der Waals surface area contributed by atoms with Gasteiger partial charge in [0.2, 0.25) is 5.95 Å². The van der Waals surface area contributed by atoms with E-state index in [1.807, 2.05) is 47.1 Å². The molecule has 2 aliphatic rings. The number of hydrogen-bond acceptors (Lipinski definition) is 7. The molecule has 1 aromatic carbocycles. The molecule has 174 valence electrons. The highest BCUT2D eigenvalue weighted by Crippen LogP contribution is 2.25. The quantitative estimate of drug-likeness (QED) is 0.460. The molecule has 0 spiro atoms. The van der Waals surface area contributed by atoms with Crippen LogP contribution in [0.1, 0.15) is 26.2 Å². The molecule has 1 unspecified atom stereocenters. The summed E-state index contributed by atoms with van der Waals surface area (Å²) >= 11 is 0. The molecule has 2 amide bonds. The van der Waals surface area contributed by atoms with Crippen LogP contribution in [0.4, 0.5) is 16.6 Å². The van der Waals surface area contributed by atoms with Crippen molar-refractivity contribution in [3.63, 3.8) is 0 Å². The zero-order valence-corrected chi connectivity index (χ0v) is 18.8. The van der Waals surface area contributed by atoms with Gasteiger partial charge in [-0.25, -0.2) is 9.78 Å². The Morgan fingerprint density at radius 3 is 2.97 bits per heavy atom. The van der Waals surface area contributed by atoms with Crippen molar-refractivity contribution in [2.45, 2.75) is 38.3 Å². The fourth-order valence-electron chi connectivity index (χ4n) is 4.48. The predicted molar refractivity (Wildman–Crippen MR) is 127 cm³/mol. The Morgan fingerprint density at radius 1 is 1.24 bits per heavy atom. The Kier molecular flexibility index (Phi) is 6.14. The number of carbonyl (C=O) groups is 1. The average molecular weight is 451 g/mol. The molecular weight excluding hydrogens is 420 g/mol. The SMILES string of the molecule is C[C@@H](COc1ccccc1)Nc1nc(NCCN2CC3CCCCN3C2=O)c2[nH]cnc2n1. The minimum atomic E-state index is -0.00550. The lowest BCUT2D eigenvalue weighted by Crippen LogP contribution is -2.39. The second kappa shape index (κ2) is 9.51. The van der Waals surface area contributed by atoms with Gasteiger partial charge in [-0.3, -0.25) is 0 Å². The molecule has 2 saturated heterocycles. The summed E-state index contributed by atoms with van der Waals surface area (Å²) in [6.07, 6.45) is 5.04. The normalized spacial score (nSPS) is 18.9. The first-order valence-corrected chi connectivity index (χ1v) is 11.6. The first-order valence-electron chi connectivity index (χ1n) is 11.6. The number of hydrogen-bond donors (Lipinski definition) is 3. The number of benzene rings is 1. The summed E-state index contributed by atoms with van der Waals surface area (Å²) in [4.78, 5) is 33.2. The molecule has 3 aromatic rings. The van der Waals surface area contributed by atoms with E-state index in [2.05, 4.69) is 30.6 Å². The second-order valence-electron chi connectivity index (χ2n) is 8.66. The largest absolute Gasteiger partial charge is 0.491 e. The van der Waals surface area contributed by atoms with Gasteiger partial charge in [0.15, 0.2) is 11.5 Å². The fraction of sp³-hybridized carbons (Fsp3) is 0.478. The molecule has 0 saturated carbocycles. The zero-order chi connectivity index (χ0) is 22.6. The molecule has 4 heterocycles. The molecule has 0 radical (unpaired) electrons. The van der Waals surface area contributed by atoms with E-state index in [9.17, 15) is 4.79 Å². The topological polar surface area (TPSA) is 111 Å². The maximum atomic E-state index is 12.7. The number of rotatable bonds is 9. The summed E-state index contributed by atoms with van der Waals surface area (Å²) in [5.41, 5.74) is 1.33. The van der Waals surface area contributed by atoms with Crippen molar-refractivity contribution in [3.8, 4) is 5.75 Å². The second-order valence-corrected chi connectivity index (χ2v) is 8.66. The number of fused-ring (bicyclic) bond motifs is 2. The lowest BCUT2D eigenvalue weighted by molar-refractivity contribution is 0.176. The third-order valence-electron chi connectivity index (χ3n) is 6.15. The highest BCUT2D eigenvalue weighted by Gasteiger charge is 2.37. The van der Waals surface area contributed by atoms with Gasteiger partial charge >= 0.3 is 6.03 Å². The number of para-hydroxylation sites is 1. The van der Waals surface area contributed by atoms with Crippen LogP contribution >= 0.6 is 0 Å². The zero-order valence-electron chi connectivity index (χ0n) is 18.8. The van der Waals surface area contributed by atoms with Crippen LogP contribution in [0.2, 0.25) is 0 Å². The van der Waals surface area contributed by atoms with Crippen molar-refractivity contribution in [3.05, 3.63) is 36.7 Å². The summed E-state index contributed by atoms with van der Waals surface area (Å²) < 4.78 is 5.82. The van der Waals surface area contributed by atoms with E-state index < -0.39 is 0 Å². The summed E-state index contributed by atoms with van der Waals surface area (Å²) in [7, 11) is 0. The summed E-state index contributed by atoms with van der Waals surface area (Å²) in [5.74, 6) is 1.97. The Bertz CT molecular complexity index is 1090. The summed E-state index contributed by atoms with van der Waals surface area (Å²) in [5, 5.41) is 6.66. The van der Waals surface area contributed by atoms with E-state index in [1.165, 1.54) is 6.42 Å². The molecule has 3 N–H and O–H groups in total. The van der Waals surface area contributed by atoms with Crippen molar-refractivity contribution in [1.29, 1.82) is 0 Å². The maximum absolute atomic E-state index is 12.7. The van der Waals surface area contributed by atoms with E-state index >= 15 is 0 Å². The number of carbonyl (C=O) groups excluding carboxylic acids is 1. The van der Waals surface area contributed by atoms with Gasteiger partial charge in [0, 0.05) is 26.2 Å². The minimum Gasteiger partial charge on any atom is -0.491 e. The van der Waals surface area contributed by atoms with E-state index in [-0.39, 0.29) is 12.1 Å². The molecule has 10 nitrogen and oxygen atoms in total. The molecule has 0 aliphatic carbocycles. The Balaban J connectivity index is 1.19. The van der Waals surface area contributed by atoms with Gasteiger partial charge in [0.25, 0.3) is 0 Å². The van der Waals surface area contributed by atoms with Crippen molar-refractivity contribution in [2.75, 3.05) is 43.4 Å². The van der Waals surface area contributed by atoms with Gasteiger partial charge in [0.05, 0.1) is 18.4 Å². The third-order valence-corrected chi connectivity index (χ3v) is 6.15. The standard InChI is InChI=1S/C23H30N8O2/c1-16(14-33-18-8-3-2-4-9-18)27-22-28-20(19-21(29-22)26-15-25-19)24-10-12-30-13-17-7-5-6-11-31(17)23(30)32/h2-4,8-9,15-17H,5-7,10-14H2,1H3,(H3,24,25,26,27,28,29)/t16-,17?/m0/s1. The first kappa shape index (κ1) is 21.3. The van der Waals surface area contributed by atoms with Crippen LogP contribution in [-0.4, -0.2) is 80.6 Å². The number of aromatic nitrogens is 4. The van der Waals surface area contributed by atoms with E-state index in [1.54, 1.807) is 6.33 Å². The van der Waals surface area contributed by atoms with E-state index in [0.717, 1.165) is 37.2 Å². The Morgan fingerprint density at radius 2 is 2.12 bits per heavy atom. The lowest BCUT2D eigenvalue weighted by Gasteiger charge is -2.27. The monoisotopic (exact) mass is 450 g/mol. The maximum Gasteiger partial charge on any atom is 0.320 e. The fourth-order valence-corrected chi connectivity index (χ4v) is 4.48. The Hall–Kier alpha value is -3.56. The predicted octanol–water partition coefficient (Wildman–Crippen LogP) is 2.93. The van der Waals surface area contributed by atoms with Crippen molar-refractivity contribution in [1.82, 2.24) is 29.7 Å². The van der Waals surface area contributed by atoms with Gasteiger partial charge in [-0.2, -0.15) is 9.97 Å². The average Bonchev–Trinajstić information content (AvgIpc) is 3.43. The number of amides is 2. The first-order chi connectivity index (χ1) is 16.2. The molecule has 2 aliphatic heterocycles. The van der Waals surface area contributed by atoms with Crippen LogP contribution in [0.3, 0.4) is 0 Å². The molecule has 2 aromatic heterocycles. The van der Waals surface area contributed by atoms with Crippen LogP contribution in [0, 0.1) is 0 Å². The highest BCUT2D eigenvalue weighted by atomic mass is 16.5. The molecule has 10 heteroatoms. The summed E-state index contributed by atoms with van der Waals surface area (Å²) in [6.45, 7) is 5.43. The van der Waals surface area contributed by atoms with Gasteiger partial charge in [-0.05, 0) is 38.3 Å². The molecule has 2 fully saturated rings. The summed E-state index contributed by atoms with van der Waals surface area (Å²) in [6, 6.07) is 10.2. The smallest absolute Gasteiger partial charge is 0.320 e. The van der Waals surface area contributed by atoms with Crippen LogP contribution in [0.15, 0.2) is 36.7 Å². The van der Waals surface area contributed by atoms with Crippen molar-refractivity contribution in [2.24, 2.45) is 0 Å². The van der Waals surface area contributed by atoms with Crippen LogP contribution in [-0.2, 0) is 0 Å². The van der Waals surface area contributed by atoms with Gasteiger partial charge in [-0.1, -0.05) is 18.2 Å². The van der Waals surface area contributed by atoms with Gasteiger partial charge in [-0.15, -0.1) is 0 Å². The molecule has 2 atom stereocenters. The van der Waals surface area contributed by atoms with E-state index in [4.69, 9.17) is 4.74 Å². The van der Waals surface area contributed by atoms with Crippen molar-refractivity contribution < 1.29 is 9.53 Å². The van der Waals surface area contributed by atoms with Crippen LogP contribution < -0.4 is 15.4 Å². The minimum absolute atomic E-state index is 0.00550. The number of nitrogens with zero attached hydrogens (tertiary/aromatic N) is 5. The van der Waals surface area contributed by atoms with Crippen LogP contribution in [0.25, 0.3) is 11.2 Å². The Labute approximate surface area is 192 Å².